The number of rotatable bonds is 9. The second-order valence-electron chi connectivity index (χ2n) is 10.2. The van der Waals surface area contributed by atoms with Gasteiger partial charge in [-0.15, -0.1) is 0 Å². The van der Waals surface area contributed by atoms with Gasteiger partial charge in [-0.3, -0.25) is 4.79 Å². The van der Waals surface area contributed by atoms with Crippen molar-refractivity contribution in [2.75, 3.05) is 18.1 Å². The van der Waals surface area contributed by atoms with Gasteiger partial charge in [0.25, 0.3) is 0 Å². The minimum atomic E-state index is 0.0594. The van der Waals surface area contributed by atoms with Crippen molar-refractivity contribution in [2.45, 2.75) is 58.4 Å². The van der Waals surface area contributed by atoms with Gasteiger partial charge in [-0.25, -0.2) is 4.98 Å². The smallest absolute Gasteiger partial charge is 0.227 e. The van der Waals surface area contributed by atoms with E-state index in [0.717, 1.165) is 52.2 Å². The Balaban J connectivity index is 1.29. The van der Waals surface area contributed by atoms with Crippen LogP contribution in [0.5, 0.6) is 5.75 Å². The first-order valence-corrected chi connectivity index (χ1v) is 13.9. The standard InChI is InChI=1S/C31H34BrN3O2/c1-21(2)24-15-14-22(3)18-29(24)37-17-9-8-16-34-28-13-7-5-11-26(28)33-31(34)23-19-30(36)35(20-23)27-12-6-4-10-25(27)32/h4-7,10-15,18,21,23H,8-9,16-17,19-20H2,1-3H3. The number of amides is 1. The zero-order valence-electron chi connectivity index (χ0n) is 21.8. The van der Waals surface area contributed by atoms with Gasteiger partial charge in [0, 0.05) is 29.9 Å². The van der Waals surface area contributed by atoms with Crippen LogP contribution in [0.2, 0.25) is 0 Å². The van der Waals surface area contributed by atoms with Crippen LogP contribution in [0.1, 0.15) is 61.9 Å². The molecule has 3 aromatic carbocycles. The van der Waals surface area contributed by atoms with Gasteiger partial charge in [-0.05, 0) is 83.1 Å². The van der Waals surface area contributed by atoms with Crippen LogP contribution < -0.4 is 9.64 Å². The molecule has 0 bridgehead atoms. The lowest BCUT2D eigenvalue weighted by atomic mass is 10.0. The van der Waals surface area contributed by atoms with E-state index in [1.54, 1.807) is 0 Å². The van der Waals surface area contributed by atoms with Gasteiger partial charge in [0.15, 0.2) is 0 Å². The highest BCUT2D eigenvalue weighted by Gasteiger charge is 2.35. The Bertz CT molecular complexity index is 1410. The summed E-state index contributed by atoms with van der Waals surface area (Å²) in [6.45, 7) is 8.68. The number of anilines is 1. The fourth-order valence-corrected chi connectivity index (χ4v) is 5.72. The van der Waals surface area contributed by atoms with E-state index in [2.05, 4.69) is 77.7 Å². The first-order valence-electron chi connectivity index (χ1n) is 13.2. The number of carbonyl (C=O) groups excluding carboxylic acids is 1. The summed E-state index contributed by atoms with van der Waals surface area (Å²) in [7, 11) is 0. The maximum Gasteiger partial charge on any atom is 0.227 e. The Labute approximate surface area is 227 Å². The van der Waals surface area contributed by atoms with Crippen LogP contribution in [0.3, 0.4) is 0 Å². The summed E-state index contributed by atoms with van der Waals surface area (Å²) in [6, 6.07) is 22.7. The SMILES string of the molecule is Cc1ccc(C(C)C)c(OCCCCn2c(C3CC(=O)N(c4ccccc4Br)C3)nc3ccccc32)c1. The summed E-state index contributed by atoms with van der Waals surface area (Å²) in [5.41, 5.74) is 5.52. The highest BCUT2D eigenvalue weighted by Crippen LogP contribution is 2.36. The number of para-hydroxylation sites is 3. The van der Waals surface area contributed by atoms with Gasteiger partial charge in [0.2, 0.25) is 5.91 Å². The van der Waals surface area contributed by atoms with Crippen LogP contribution in [0.4, 0.5) is 5.69 Å². The molecule has 1 unspecified atom stereocenters. The number of hydrogen-bond acceptors (Lipinski definition) is 3. The molecule has 0 radical (unpaired) electrons. The quantitative estimate of drug-likeness (QED) is 0.198. The first-order chi connectivity index (χ1) is 17.9. The molecule has 6 heteroatoms. The number of ether oxygens (including phenoxy) is 1. The van der Waals surface area contributed by atoms with Crippen LogP contribution >= 0.6 is 15.9 Å². The lowest BCUT2D eigenvalue weighted by Crippen LogP contribution is -2.25. The molecule has 1 atom stereocenters. The summed E-state index contributed by atoms with van der Waals surface area (Å²) in [5, 5.41) is 0. The molecule has 1 aromatic heterocycles. The van der Waals surface area contributed by atoms with E-state index in [1.165, 1.54) is 11.1 Å². The average molecular weight is 561 g/mol. The van der Waals surface area contributed by atoms with Crippen molar-refractivity contribution in [3.8, 4) is 5.75 Å². The van der Waals surface area contributed by atoms with Gasteiger partial charge in [0.1, 0.15) is 11.6 Å². The highest BCUT2D eigenvalue weighted by molar-refractivity contribution is 9.10. The summed E-state index contributed by atoms with van der Waals surface area (Å²) < 4.78 is 9.48. The molecule has 0 aliphatic carbocycles. The Kier molecular flexibility index (Phi) is 7.65. The van der Waals surface area contributed by atoms with Gasteiger partial charge in [-0.1, -0.05) is 50.2 Å². The number of unbranched alkanes of at least 4 members (excludes halogenated alkanes) is 1. The molecule has 2 heterocycles. The minimum absolute atomic E-state index is 0.0594. The van der Waals surface area contributed by atoms with Crippen molar-refractivity contribution >= 4 is 38.6 Å². The second-order valence-corrected chi connectivity index (χ2v) is 11.1. The number of aryl methyl sites for hydroxylation is 2. The molecule has 4 aromatic rings. The van der Waals surface area contributed by atoms with Crippen LogP contribution in [-0.2, 0) is 11.3 Å². The molecule has 1 saturated heterocycles. The maximum atomic E-state index is 13.0. The number of benzene rings is 3. The zero-order chi connectivity index (χ0) is 25.9. The van der Waals surface area contributed by atoms with E-state index < -0.39 is 0 Å². The normalized spacial score (nSPS) is 15.8. The molecule has 1 aliphatic heterocycles. The molecule has 0 saturated carbocycles. The highest BCUT2D eigenvalue weighted by atomic mass is 79.9. The second kappa shape index (κ2) is 11.1. The summed E-state index contributed by atoms with van der Waals surface area (Å²) in [4.78, 5) is 19.9. The molecule has 5 rings (SSSR count). The van der Waals surface area contributed by atoms with Crippen LogP contribution in [0.25, 0.3) is 11.0 Å². The molecule has 0 spiro atoms. The molecular weight excluding hydrogens is 526 g/mol. The van der Waals surface area contributed by atoms with Gasteiger partial charge >= 0.3 is 0 Å². The molecular formula is C31H34BrN3O2. The number of imidazole rings is 1. The Hall–Kier alpha value is -3.12. The van der Waals surface area contributed by atoms with Crippen LogP contribution in [-0.4, -0.2) is 28.6 Å². The topological polar surface area (TPSA) is 47.4 Å². The van der Waals surface area contributed by atoms with Crippen LogP contribution in [0, 0.1) is 6.92 Å². The van der Waals surface area contributed by atoms with Gasteiger partial charge in [0.05, 0.1) is 23.3 Å². The molecule has 5 nitrogen and oxygen atoms in total. The molecule has 1 aliphatic rings. The summed E-state index contributed by atoms with van der Waals surface area (Å²) in [5.74, 6) is 2.64. The molecule has 0 N–H and O–H groups in total. The third-order valence-electron chi connectivity index (χ3n) is 7.14. The predicted molar refractivity (Wildman–Crippen MR) is 154 cm³/mol. The van der Waals surface area contributed by atoms with Crippen molar-refractivity contribution in [3.63, 3.8) is 0 Å². The lowest BCUT2D eigenvalue weighted by molar-refractivity contribution is -0.117. The number of nitrogens with zero attached hydrogens (tertiary/aromatic N) is 3. The maximum absolute atomic E-state index is 13.0. The van der Waals surface area contributed by atoms with E-state index in [0.29, 0.717) is 25.5 Å². The number of hydrogen-bond donors (Lipinski definition) is 0. The van der Waals surface area contributed by atoms with E-state index >= 15 is 0 Å². The third kappa shape index (κ3) is 5.45. The molecule has 192 valence electrons. The van der Waals surface area contributed by atoms with Gasteiger partial charge in [-0.2, -0.15) is 0 Å². The number of halogens is 1. The first kappa shape index (κ1) is 25.5. The molecule has 37 heavy (non-hydrogen) atoms. The number of aromatic nitrogens is 2. The van der Waals surface area contributed by atoms with Crippen molar-refractivity contribution in [1.29, 1.82) is 0 Å². The largest absolute Gasteiger partial charge is 0.493 e. The minimum Gasteiger partial charge on any atom is -0.493 e. The van der Waals surface area contributed by atoms with Gasteiger partial charge < -0.3 is 14.2 Å². The number of fused-ring (bicyclic) bond motifs is 1. The Morgan fingerprint density at radius 3 is 2.65 bits per heavy atom. The van der Waals surface area contributed by atoms with Crippen molar-refractivity contribution in [2.24, 2.45) is 0 Å². The average Bonchev–Trinajstić information content (AvgIpc) is 3.44. The molecule has 1 amide bonds. The van der Waals surface area contributed by atoms with E-state index in [1.807, 2.05) is 35.2 Å². The summed E-state index contributed by atoms with van der Waals surface area (Å²) in [6.07, 6.45) is 2.40. The van der Waals surface area contributed by atoms with E-state index in [-0.39, 0.29) is 11.8 Å². The molecule has 1 fully saturated rings. The Morgan fingerprint density at radius 1 is 1.05 bits per heavy atom. The monoisotopic (exact) mass is 559 g/mol. The van der Waals surface area contributed by atoms with Crippen molar-refractivity contribution < 1.29 is 9.53 Å². The van der Waals surface area contributed by atoms with Crippen molar-refractivity contribution in [3.05, 3.63) is 88.2 Å². The fraction of sp³-hybridized carbons (Fsp3) is 0.355. The lowest BCUT2D eigenvalue weighted by Gasteiger charge is -2.19. The zero-order valence-corrected chi connectivity index (χ0v) is 23.4. The van der Waals surface area contributed by atoms with E-state index in [9.17, 15) is 4.79 Å². The van der Waals surface area contributed by atoms with Crippen molar-refractivity contribution in [1.82, 2.24) is 9.55 Å². The Morgan fingerprint density at radius 2 is 1.84 bits per heavy atom. The van der Waals surface area contributed by atoms with Crippen LogP contribution in [0.15, 0.2) is 71.2 Å². The third-order valence-corrected chi connectivity index (χ3v) is 7.81. The summed E-state index contributed by atoms with van der Waals surface area (Å²) >= 11 is 3.61. The fourth-order valence-electron chi connectivity index (χ4n) is 5.22. The number of carbonyl (C=O) groups is 1. The predicted octanol–water partition coefficient (Wildman–Crippen LogP) is 7.61. The van der Waals surface area contributed by atoms with E-state index in [4.69, 9.17) is 9.72 Å².